The number of halogens is 1. The number of β-amino-alcohol motifs (C(OH)–C–C–N with tert-alkyl or cyclic N) is 2. The molecule has 2 rings (SSSR count). The van der Waals surface area contributed by atoms with Gasteiger partial charge in [0.25, 0.3) is 0 Å². The Labute approximate surface area is 116 Å². The second-order valence-electron chi connectivity index (χ2n) is 4.76. The maximum atomic E-state index is 9.58. The van der Waals surface area contributed by atoms with E-state index in [0.29, 0.717) is 19.1 Å². The summed E-state index contributed by atoms with van der Waals surface area (Å²) in [5.41, 5.74) is 2.21. The van der Waals surface area contributed by atoms with Crippen molar-refractivity contribution >= 4 is 21.6 Å². The highest BCUT2D eigenvalue weighted by Gasteiger charge is 2.30. The minimum Gasteiger partial charge on any atom is -0.389 e. The summed E-state index contributed by atoms with van der Waals surface area (Å²) >= 11 is 3.56. The topological polar surface area (TPSA) is 55.7 Å². The van der Waals surface area contributed by atoms with E-state index in [9.17, 15) is 10.2 Å². The molecule has 100 valence electrons. The van der Waals surface area contributed by atoms with Gasteiger partial charge >= 0.3 is 0 Å². The average molecular weight is 315 g/mol. The molecular formula is C13H19BrN2O2. The summed E-state index contributed by atoms with van der Waals surface area (Å²) in [6, 6.07) is 6.47. The van der Waals surface area contributed by atoms with Gasteiger partial charge in [0.15, 0.2) is 0 Å². The van der Waals surface area contributed by atoms with Crippen LogP contribution in [0.4, 0.5) is 5.69 Å². The zero-order valence-corrected chi connectivity index (χ0v) is 12.2. The third-order valence-corrected chi connectivity index (χ3v) is 4.14. The van der Waals surface area contributed by atoms with E-state index in [1.165, 1.54) is 5.56 Å². The third-order valence-electron chi connectivity index (χ3n) is 3.50. The summed E-state index contributed by atoms with van der Waals surface area (Å²) in [6.07, 6.45) is -1.32. The lowest BCUT2D eigenvalue weighted by atomic mass is 10.1. The number of hydrogen-bond donors (Lipinski definition) is 3. The molecule has 1 aromatic carbocycles. The van der Waals surface area contributed by atoms with Gasteiger partial charge in [0.05, 0.1) is 17.9 Å². The lowest BCUT2D eigenvalue weighted by Gasteiger charge is -2.21. The van der Waals surface area contributed by atoms with Crippen molar-refractivity contribution in [2.75, 3.05) is 25.0 Å². The third kappa shape index (κ3) is 2.69. The monoisotopic (exact) mass is 314 g/mol. The number of nitrogens with one attached hydrogen (secondary N) is 1. The van der Waals surface area contributed by atoms with Gasteiger partial charge in [0, 0.05) is 23.6 Å². The maximum absolute atomic E-state index is 9.58. The molecular weight excluding hydrogens is 296 g/mol. The van der Waals surface area contributed by atoms with E-state index < -0.39 is 12.2 Å². The first-order valence-electron chi connectivity index (χ1n) is 6.10. The first-order chi connectivity index (χ1) is 8.52. The van der Waals surface area contributed by atoms with Crippen molar-refractivity contribution in [3.63, 3.8) is 0 Å². The maximum Gasteiger partial charge on any atom is 0.0990 e. The van der Waals surface area contributed by atoms with Gasteiger partial charge in [-0.05, 0) is 47.6 Å². The molecule has 18 heavy (non-hydrogen) atoms. The Morgan fingerprint density at radius 1 is 1.33 bits per heavy atom. The van der Waals surface area contributed by atoms with E-state index in [-0.39, 0.29) is 0 Å². The molecule has 3 atom stereocenters. The van der Waals surface area contributed by atoms with Gasteiger partial charge in [0.2, 0.25) is 0 Å². The number of nitrogens with zero attached hydrogens (tertiary/aromatic N) is 1. The Kier molecular flexibility index (Phi) is 4.27. The fourth-order valence-corrected chi connectivity index (χ4v) is 2.83. The fraction of sp³-hybridized carbons (Fsp3) is 0.538. The Hall–Kier alpha value is -0.620. The number of aliphatic hydroxyl groups is 2. The molecule has 0 saturated carbocycles. The van der Waals surface area contributed by atoms with Gasteiger partial charge in [-0.15, -0.1) is 0 Å². The summed E-state index contributed by atoms with van der Waals surface area (Å²) < 4.78 is 0.989. The summed E-state index contributed by atoms with van der Waals surface area (Å²) in [4.78, 5) is 1.99. The molecule has 0 spiro atoms. The summed E-state index contributed by atoms with van der Waals surface area (Å²) in [7, 11) is 1.93. The van der Waals surface area contributed by atoms with Crippen LogP contribution in [0.25, 0.3) is 0 Å². The van der Waals surface area contributed by atoms with Crippen molar-refractivity contribution in [1.29, 1.82) is 0 Å². The van der Waals surface area contributed by atoms with Crippen molar-refractivity contribution in [2.24, 2.45) is 0 Å². The summed E-state index contributed by atoms with van der Waals surface area (Å²) in [5, 5.41) is 22.4. The van der Waals surface area contributed by atoms with E-state index in [1.807, 2.05) is 18.0 Å². The summed E-state index contributed by atoms with van der Waals surface area (Å²) in [6.45, 7) is 3.05. The van der Waals surface area contributed by atoms with Gasteiger partial charge in [-0.25, -0.2) is 0 Å². The van der Waals surface area contributed by atoms with Crippen LogP contribution >= 0.6 is 15.9 Å². The van der Waals surface area contributed by atoms with Gasteiger partial charge in [-0.2, -0.15) is 0 Å². The highest BCUT2D eigenvalue weighted by atomic mass is 79.9. The lowest BCUT2D eigenvalue weighted by molar-refractivity contribution is 0.0572. The second kappa shape index (κ2) is 5.57. The molecule has 1 saturated heterocycles. The van der Waals surface area contributed by atoms with Gasteiger partial charge in [-0.1, -0.05) is 6.07 Å². The Morgan fingerprint density at radius 2 is 1.94 bits per heavy atom. The molecule has 3 N–H and O–H groups in total. The smallest absolute Gasteiger partial charge is 0.0990 e. The molecule has 1 heterocycles. The zero-order chi connectivity index (χ0) is 13.3. The first-order valence-corrected chi connectivity index (χ1v) is 6.90. The van der Waals surface area contributed by atoms with Crippen molar-refractivity contribution < 1.29 is 10.2 Å². The predicted molar refractivity (Wildman–Crippen MR) is 75.8 cm³/mol. The predicted octanol–water partition coefficient (Wildman–Crippen LogP) is 1.27. The van der Waals surface area contributed by atoms with E-state index >= 15 is 0 Å². The van der Waals surface area contributed by atoms with Crippen LogP contribution in [-0.2, 0) is 0 Å². The molecule has 0 aliphatic carbocycles. The van der Waals surface area contributed by atoms with Crippen LogP contribution in [0.3, 0.4) is 0 Å². The molecule has 4 nitrogen and oxygen atoms in total. The van der Waals surface area contributed by atoms with E-state index in [1.54, 1.807) is 0 Å². The van der Waals surface area contributed by atoms with Crippen LogP contribution in [0.2, 0.25) is 0 Å². The van der Waals surface area contributed by atoms with Crippen LogP contribution in [-0.4, -0.2) is 42.6 Å². The van der Waals surface area contributed by atoms with Crippen LogP contribution in [0, 0.1) is 0 Å². The van der Waals surface area contributed by atoms with Crippen LogP contribution in [0.1, 0.15) is 18.5 Å². The largest absolute Gasteiger partial charge is 0.389 e. The second-order valence-corrected chi connectivity index (χ2v) is 5.62. The van der Waals surface area contributed by atoms with E-state index in [2.05, 4.69) is 40.3 Å². The fourth-order valence-electron chi connectivity index (χ4n) is 2.18. The van der Waals surface area contributed by atoms with E-state index in [4.69, 9.17) is 0 Å². The quantitative estimate of drug-likeness (QED) is 0.786. The number of anilines is 1. The molecule has 5 heteroatoms. The minimum absolute atomic E-state index is 0.296. The van der Waals surface area contributed by atoms with Gasteiger partial charge in [-0.3, -0.25) is 0 Å². The Morgan fingerprint density at radius 3 is 2.44 bits per heavy atom. The molecule has 1 aliphatic rings. The van der Waals surface area contributed by atoms with Gasteiger partial charge < -0.3 is 20.4 Å². The molecule has 3 unspecified atom stereocenters. The molecule has 0 aromatic heterocycles. The SMILES string of the molecule is CNC(C)c1ccc(N2CC(O)C(O)C2)c(Br)c1. The Balaban J connectivity index is 2.20. The number of rotatable bonds is 3. The van der Waals surface area contributed by atoms with Crippen molar-refractivity contribution in [3.05, 3.63) is 28.2 Å². The van der Waals surface area contributed by atoms with Crippen LogP contribution in [0.15, 0.2) is 22.7 Å². The normalized spacial score (nSPS) is 25.5. The minimum atomic E-state index is -0.659. The van der Waals surface area contributed by atoms with Crippen molar-refractivity contribution in [3.8, 4) is 0 Å². The van der Waals surface area contributed by atoms with E-state index in [0.717, 1.165) is 10.2 Å². The molecule has 0 amide bonds. The molecule has 1 aliphatic heterocycles. The molecule has 1 aromatic rings. The van der Waals surface area contributed by atoms with Gasteiger partial charge in [0.1, 0.15) is 0 Å². The van der Waals surface area contributed by atoms with Crippen molar-refractivity contribution in [1.82, 2.24) is 5.32 Å². The zero-order valence-electron chi connectivity index (χ0n) is 10.6. The number of benzene rings is 1. The molecule has 0 radical (unpaired) electrons. The first kappa shape index (κ1) is 13.8. The number of hydrogen-bond acceptors (Lipinski definition) is 4. The average Bonchev–Trinajstić information content (AvgIpc) is 2.68. The lowest BCUT2D eigenvalue weighted by Crippen LogP contribution is -2.22. The van der Waals surface area contributed by atoms with Crippen molar-refractivity contribution in [2.45, 2.75) is 25.2 Å². The highest BCUT2D eigenvalue weighted by molar-refractivity contribution is 9.10. The molecule has 0 bridgehead atoms. The van der Waals surface area contributed by atoms with Crippen LogP contribution in [0.5, 0.6) is 0 Å². The standard InChI is InChI=1S/C13H19BrN2O2/c1-8(15-2)9-3-4-11(10(14)5-9)16-6-12(17)13(18)7-16/h3-5,8,12-13,15,17-18H,6-7H2,1-2H3. The number of aliphatic hydroxyl groups excluding tert-OH is 2. The molecule has 1 fully saturated rings. The highest BCUT2D eigenvalue weighted by Crippen LogP contribution is 2.31. The Bertz CT molecular complexity index is 417. The summed E-state index contributed by atoms with van der Waals surface area (Å²) in [5.74, 6) is 0. The van der Waals surface area contributed by atoms with Crippen LogP contribution < -0.4 is 10.2 Å².